The van der Waals surface area contributed by atoms with E-state index in [9.17, 15) is 23.1 Å². The molecule has 3 unspecified atom stereocenters. The molecule has 2 aromatic rings. The summed E-state index contributed by atoms with van der Waals surface area (Å²) in [5, 5.41) is 12.9. The van der Waals surface area contributed by atoms with E-state index < -0.39 is 36.4 Å². The average Bonchev–Trinajstić information content (AvgIpc) is 2.94. The molecule has 0 spiro atoms. The number of rotatable bonds is 17. The molecule has 238 valence electrons. The van der Waals surface area contributed by atoms with Gasteiger partial charge in [-0.1, -0.05) is 50.2 Å². The molecule has 42 heavy (non-hydrogen) atoms. The molecule has 0 saturated heterocycles. The van der Waals surface area contributed by atoms with E-state index in [1.165, 1.54) is 30.3 Å². The summed E-state index contributed by atoms with van der Waals surface area (Å²) in [6.45, 7) is 4.64. The Hall–Kier alpha value is -2.57. The van der Waals surface area contributed by atoms with Crippen LogP contribution in [-0.4, -0.2) is 70.4 Å². The minimum atomic E-state index is -5.05. The summed E-state index contributed by atoms with van der Waals surface area (Å²) >= 11 is 0. The monoisotopic (exact) mass is 620 g/mol. The lowest BCUT2D eigenvalue weighted by Crippen LogP contribution is -2.57. The quantitative estimate of drug-likeness (QED) is 0.221. The van der Waals surface area contributed by atoms with Crippen molar-refractivity contribution in [2.24, 2.45) is 17.6 Å². The maximum absolute atomic E-state index is 14.1. The van der Waals surface area contributed by atoms with Gasteiger partial charge in [-0.15, -0.1) is 12.4 Å². The average molecular weight is 621 g/mol. The normalized spacial score (nSPS) is 15.2. The van der Waals surface area contributed by atoms with Crippen molar-refractivity contribution in [3.63, 3.8) is 0 Å². The summed E-state index contributed by atoms with van der Waals surface area (Å²) in [6.07, 6.45) is -4.61. The van der Waals surface area contributed by atoms with Gasteiger partial charge in [-0.2, -0.15) is 13.2 Å². The highest BCUT2D eigenvalue weighted by Gasteiger charge is 2.62. The van der Waals surface area contributed by atoms with Gasteiger partial charge in [0.25, 0.3) is 11.5 Å². The first-order valence-corrected chi connectivity index (χ1v) is 13.6. The summed E-state index contributed by atoms with van der Waals surface area (Å²) in [4.78, 5) is 12.9. The number of methoxy groups -OCH3 is 3. The highest BCUT2D eigenvalue weighted by atomic mass is 35.5. The Bertz CT molecular complexity index is 1080. The number of nitrogens with two attached hydrogens (primary N) is 1. The van der Waals surface area contributed by atoms with Gasteiger partial charge < -0.3 is 35.1 Å². The highest BCUT2D eigenvalue weighted by molar-refractivity contribution is 5.87. The number of carbonyl (C=O) groups excluding carboxylic acids is 1. The summed E-state index contributed by atoms with van der Waals surface area (Å²) < 4.78 is 63.6. The van der Waals surface area contributed by atoms with Crippen molar-refractivity contribution in [3.05, 3.63) is 59.7 Å². The van der Waals surface area contributed by atoms with Crippen molar-refractivity contribution in [1.82, 2.24) is 5.32 Å². The second-order valence-electron chi connectivity index (χ2n) is 10.3. The summed E-state index contributed by atoms with van der Waals surface area (Å²) in [5.41, 5.74) is 3.68. The van der Waals surface area contributed by atoms with Gasteiger partial charge in [0.15, 0.2) is 11.5 Å². The van der Waals surface area contributed by atoms with Gasteiger partial charge >= 0.3 is 6.18 Å². The number of ether oxygens (including phenoxy) is 4. The number of aliphatic hydroxyl groups is 1. The Morgan fingerprint density at radius 3 is 2.24 bits per heavy atom. The van der Waals surface area contributed by atoms with E-state index in [4.69, 9.17) is 24.7 Å². The number of halogens is 4. The van der Waals surface area contributed by atoms with E-state index in [-0.39, 0.29) is 29.8 Å². The van der Waals surface area contributed by atoms with E-state index >= 15 is 0 Å². The second-order valence-corrected chi connectivity index (χ2v) is 10.3. The number of benzene rings is 2. The fraction of sp³-hybridized carbons (Fsp3) is 0.567. The predicted molar refractivity (Wildman–Crippen MR) is 157 cm³/mol. The first-order valence-electron chi connectivity index (χ1n) is 13.6. The largest absolute Gasteiger partial charge is 0.493 e. The second kappa shape index (κ2) is 17.5. The first kappa shape index (κ1) is 37.5. The zero-order chi connectivity index (χ0) is 30.6. The van der Waals surface area contributed by atoms with Crippen molar-refractivity contribution in [3.8, 4) is 11.5 Å². The number of nitrogens with one attached hydrogen (secondary N) is 1. The van der Waals surface area contributed by atoms with Gasteiger partial charge in [0.1, 0.15) is 0 Å². The lowest BCUT2D eigenvalue weighted by molar-refractivity contribution is -0.265. The molecule has 4 atom stereocenters. The molecule has 0 aliphatic rings. The van der Waals surface area contributed by atoms with Gasteiger partial charge in [-0.25, -0.2) is 0 Å². The molecule has 2 rings (SSSR count). The number of carbonyl (C=O) groups is 1. The van der Waals surface area contributed by atoms with Gasteiger partial charge in [0, 0.05) is 45.4 Å². The van der Waals surface area contributed by atoms with Crippen molar-refractivity contribution < 1.29 is 42.0 Å². The summed E-state index contributed by atoms with van der Waals surface area (Å²) in [6, 6.07) is 11.5. The Morgan fingerprint density at radius 1 is 1.02 bits per heavy atom. The third-order valence-electron chi connectivity index (χ3n) is 7.17. The molecular formula is C30H44ClF3N2O6. The molecule has 2 aromatic carbocycles. The maximum Gasteiger partial charge on any atom is 0.430 e. The van der Waals surface area contributed by atoms with Crippen molar-refractivity contribution in [2.75, 3.05) is 41.1 Å². The Kier molecular flexibility index (Phi) is 15.6. The van der Waals surface area contributed by atoms with Crippen LogP contribution in [0, 0.1) is 11.8 Å². The standard InChI is InChI=1S/C30H43F3N2O6.ClH/c1-20(2)22(16-21-12-13-26(39-4)27(17-21)41-15-9-14-38-3)18-24(34)25(36)19-35-28(37)29(40-5,30(31,32)33)23-10-7-6-8-11-23;/h6-8,10-13,17,20,22,24-25,36H,9,14-16,18-19,34H2,1-5H3,(H,35,37);1H/t22?,24?,25?,29-;/m1./s1. The van der Waals surface area contributed by atoms with Crippen LogP contribution in [0.2, 0.25) is 0 Å². The van der Waals surface area contributed by atoms with Crippen LogP contribution in [0.1, 0.15) is 37.8 Å². The molecule has 0 fully saturated rings. The molecule has 0 saturated carbocycles. The van der Waals surface area contributed by atoms with Crippen LogP contribution in [0.25, 0.3) is 0 Å². The molecule has 0 heterocycles. The molecule has 12 heteroatoms. The van der Waals surface area contributed by atoms with E-state index in [1.54, 1.807) is 14.2 Å². The minimum Gasteiger partial charge on any atom is -0.493 e. The van der Waals surface area contributed by atoms with Gasteiger partial charge in [0.2, 0.25) is 0 Å². The third-order valence-corrected chi connectivity index (χ3v) is 7.17. The molecule has 0 bridgehead atoms. The van der Waals surface area contributed by atoms with Crippen molar-refractivity contribution in [2.45, 2.75) is 57.0 Å². The van der Waals surface area contributed by atoms with Crippen LogP contribution in [0.5, 0.6) is 11.5 Å². The van der Waals surface area contributed by atoms with E-state index in [1.807, 2.05) is 32.0 Å². The van der Waals surface area contributed by atoms with Crippen LogP contribution < -0.4 is 20.5 Å². The fourth-order valence-electron chi connectivity index (χ4n) is 4.64. The number of hydrogen-bond donors (Lipinski definition) is 3. The number of amides is 1. The zero-order valence-electron chi connectivity index (χ0n) is 24.8. The van der Waals surface area contributed by atoms with Crippen molar-refractivity contribution in [1.29, 1.82) is 0 Å². The maximum atomic E-state index is 14.1. The third kappa shape index (κ3) is 9.74. The lowest BCUT2D eigenvalue weighted by Gasteiger charge is -2.34. The molecule has 0 aliphatic carbocycles. The van der Waals surface area contributed by atoms with Crippen LogP contribution in [0.4, 0.5) is 13.2 Å². The minimum absolute atomic E-state index is 0. The molecule has 0 radical (unpaired) electrons. The van der Waals surface area contributed by atoms with Gasteiger partial charge in [-0.05, 0) is 42.4 Å². The SMILES string of the molecule is COCCCOc1cc(CC(CC(N)C(O)CNC(=O)[C@](OC)(c2ccccc2)C(F)(F)F)C(C)C)ccc1OC.Cl. The van der Waals surface area contributed by atoms with E-state index in [0.717, 1.165) is 19.1 Å². The summed E-state index contributed by atoms with van der Waals surface area (Å²) in [7, 11) is 4.02. The zero-order valence-corrected chi connectivity index (χ0v) is 25.6. The lowest BCUT2D eigenvalue weighted by atomic mass is 9.83. The smallest absolute Gasteiger partial charge is 0.430 e. The van der Waals surface area contributed by atoms with Crippen LogP contribution in [0.3, 0.4) is 0 Å². The topological polar surface area (TPSA) is 112 Å². The fourth-order valence-corrected chi connectivity index (χ4v) is 4.64. The van der Waals surface area contributed by atoms with Gasteiger partial charge in [0.05, 0.1) is 19.8 Å². The highest BCUT2D eigenvalue weighted by Crippen LogP contribution is 2.42. The van der Waals surface area contributed by atoms with Crippen molar-refractivity contribution >= 4 is 18.3 Å². The summed E-state index contributed by atoms with van der Waals surface area (Å²) in [5.74, 6) is 0.00159. The van der Waals surface area contributed by atoms with Crippen LogP contribution in [0.15, 0.2) is 48.5 Å². The predicted octanol–water partition coefficient (Wildman–Crippen LogP) is 4.65. The van der Waals surface area contributed by atoms with E-state index in [2.05, 4.69) is 5.32 Å². The van der Waals surface area contributed by atoms with Gasteiger partial charge in [-0.3, -0.25) is 4.79 Å². The molecule has 0 aromatic heterocycles. The van der Waals surface area contributed by atoms with Crippen LogP contribution in [-0.2, 0) is 26.3 Å². The number of alkyl halides is 3. The van der Waals surface area contributed by atoms with E-state index in [0.29, 0.717) is 37.6 Å². The molecule has 4 N–H and O–H groups in total. The Labute approximate surface area is 252 Å². The molecular weight excluding hydrogens is 577 g/mol. The Balaban J connectivity index is 0.00000882. The molecule has 1 amide bonds. The molecule has 0 aliphatic heterocycles. The number of aliphatic hydroxyl groups excluding tert-OH is 1. The first-order chi connectivity index (χ1) is 19.4. The molecule has 8 nitrogen and oxygen atoms in total. The Morgan fingerprint density at radius 2 is 1.69 bits per heavy atom. The number of hydrogen-bond acceptors (Lipinski definition) is 7. The van der Waals surface area contributed by atoms with Crippen LogP contribution >= 0.6 is 12.4 Å².